The molecule has 2 aromatic rings. The lowest BCUT2D eigenvalue weighted by atomic mass is 9.70. The molecule has 1 aromatic carbocycles. The van der Waals surface area contributed by atoms with E-state index >= 15 is 0 Å². The van der Waals surface area contributed by atoms with Crippen LogP contribution in [0.4, 0.5) is 5.82 Å². The molecule has 1 aromatic heterocycles. The van der Waals surface area contributed by atoms with Crippen molar-refractivity contribution in [2.24, 2.45) is 11.8 Å². The maximum atomic E-state index is 13.2. The van der Waals surface area contributed by atoms with Gasteiger partial charge in [-0.15, -0.1) is 0 Å². The molecule has 6 nitrogen and oxygen atoms in total. The fourth-order valence-electron chi connectivity index (χ4n) is 5.77. The van der Waals surface area contributed by atoms with Gasteiger partial charge in [-0.2, -0.15) is 0 Å². The van der Waals surface area contributed by atoms with Crippen molar-refractivity contribution < 1.29 is 9.59 Å². The van der Waals surface area contributed by atoms with E-state index in [1.807, 2.05) is 11.0 Å². The van der Waals surface area contributed by atoms with E-state index in [9.17, 15) is 9.59 Å². The molecule has 6 heteroatoms. The molecule has 4 heterocycles. The number of likely N-dealkylation sites (tertiary alicyclic amines) is 1. The number of carbonyl (C=O) groups excluding carboxylic acids is 2. The zero-order valence-electron chi connectivity index (χ0n) is 17.1. The Bertz CT molecular complexity index is 930. The Labute approximate surface area is 177 Å². The molecule has 2 bridgehead atoms. The van der Waals surface area contributed by atoms with E-state index in [4.69, 9.17) is 5.73 Å². The van der Waals surface area contributed by atoms with Crippen LogP contribution in [0.2, 0.25) is 0 Å². The number of nitrogen functional groups attached to an aromatic ring is 1. The maximum Gasteiger partial charge on any atom is 0.255 e. The third-order valence-corrected chi connectivity index (χ3v) is 7.10. The standard InChI is InChI=1S/C24H28N4O2/c25-22-10-9-17(13-26-22)24(30)27-14-18-12-19(15-27)21(11-16-5-2-1-3-6-16)28-20(18)7-4-8-23(28)29/h1-3,5-6,9-10,13,18-21H,4,7-8,11-12,14-15H2,(H2,25,26)/t18-,19+,20+,21+/m1/s1. The summed E-state index contributed by atoms with van der Waals surface area (Å²) in [7, 11) is 0. The summed E-state index contributed by atoms with van der Waals surface area (Å²) in [4.78, 5) is 34.4. The van der Waals surface area contributed by atoms with Crippen LogP contribution in [0.3, 0.4) is 0 Å². The molecule has 3 fully saturated rings. The number of nitrogens with two attached hydrogens (primary N) is 1. The summed E-state index contributed by atoms with van der Waals surface area (Å²) in [6.07, 6.45) is 6.16. The van der Waals surface area contributed by atoms with E-state index in [1.165, 1.54) is 5.56 Å². The minimum Gasteiger partial charge on any atom is -0.384 e. The van der Waals surface area contributed by atoms with Crippen molar-refractivity contribution in [1.82, 2.24) is 14.8 Å². The van der Waals surface area contributed by atoms with Crippen molar-refractivity contribution >= 4 is 17.6 Å². The molecule has 4 atom stereocenters. The summed E-state index contributed by atoms with van der Waals surface area (Å²) in [5, 5.41) is 0. The summed E-state index contributed by atoms with van der Waals surface area (Å²) in [6.45, 7) is 1.40. The smallest absolute Gasteiger partial charge is 0.255 e. The number of aromatic nitrogens is 1. The Hall–Kier alpha value is -2.89. The maximum absolute atomic E-state index is 13.2. The lowest BCUT2D eigenvalue weighted by Gasteiger charge is -2.56. The van der Waals surface area contributed by atoms with Crippen molar-refractivity contribution in [1.29, 1.82) is 0 Å². The van der Waals surface area contributed by atoms with Gasteiger partial charge in [-0.1, -0.05) is 30.3 Å². The highest BCUT2D eigenvalue weighted by Crippen LogP contribution is 2.42. The molecular weight excluding hydrogens is 376 g/mol. The number of benzene rings is 1. The van der Waals surface area contributed by atoms with Crippen LogP contribution in [0.5, 0.6) is 0 Å². The zero-order chi connectivity index (χ0) is 20.7. The van der Waals surface area contributed by atoms with Gasteiger partial charge in [-0.25, -0.2) is 4.98 Å². The van der Waals surface area contributed by atoms with Gasteiger partial charge in [0.2, 0.25) is 5.91 Å². The van der Waals surface area contributed by atoms with Gasteiger partial charge in [0.25, 0.3) is 5.91 Å². The number of anilines is 1. The predicted octanol–water partition coefficient (Wildman–Crippen LogP) is 2.75. The SMILES string of the molecule is Nc1ccc(C(=O)N2C[C@H]3C[C@@H](C2)[C@H](Cc2ccccc2)N2C(=O)CCC[C@@H]32)cn1. The molecule has 156 valence electrons. The highest BCUT2D eigenvalue weighted by molar-refractivity contribution is 5.94. The van der Waals surface area contributed by atoms with Crippen LogP contribution in [0.25, 0.3) is 0 Å². The Morgan fingerprint density at radius 1 is 1.10 bits per heavy atom. The number of hydrogen-bond acceptors (Lipinski definition) is 4. The van der Waals surface area contributed by atoms with E-state index < -0.39 is 0 Å². The van der Waals surface area contributed by atoms with Crippen molar-refractivity contribution in [3.8, 4) is 0 Å². The Morgan fingerprint density at radius 2 is 1.90 bits per heavy atom. The second-order valence-corrected chi connectivity index (χ2v) is 8.96. The zero-order valence-corrected chi connectivity index (χ0v) is 17.1. The minimum atomic E-state index is 0.0197. The molecule has 3 saturated heterocycles. The first-order valence-electron chi connectivity index (χ1n) is 11.0. The Morgan fingerprint density at radius 3 is 2.67 bits per heavy atom. The summed E-state index contributed by atoms with van der Waals surface area (Å²) in [5.74, 6) is 1.38. The van der Waals surface area contributed by atoms with Gasteiger partial charge < -0.3 is 15.5 Å². The number of carbonyl (C=O) groups is 2. The lowest BCUT2D eigenvalue weighted by Crippen LogP contribution is -2.66. The number of rotatable bonds is 3. The number of hydrogen-bond donors (Lipinski definition) is 1. The second kappa shape index (κ2) is 7.74. The van der Waals surface area contributed by atoms with Gasteiger partial charge in [0.15, 0.2) is 0 Å². The summed E-state index contributed by atoms with van der Waals surface area (Å²) >= 11 is 0. The van der Waals surface area contributed by atoms with Gasteiger partial charge >= 0.3 is 0 Å². The van der Waals surface area contributed by atoms with Crippen LogP contribution in [-0.2, 0) is 11.2 Å². The summed E-state index contributed by atoms with van der Waals surface area (Å²) in [5.41, 5.74) is 7.52. The normalized spacial score (nSPS) is 28.2. The van der Waals surface area contributed by atoms with Crippen LogP contribution in [0.1, 0.15) is 41.6 Å². The van der Waals surface area contributed by atoms with Gasteiger partial charge in [0.05, 0.1) is 5.56 Å². The predicted molar refractivity (Wildman–Crippen MR) is 115 cm³/mol. The molecule has 30 heavy (non-hydrogen) atoms. The van der Waals surface area contributed by atoms with Gasteiger partial charge in [0, 0.05) is 37.8 Å². The third-order valence-electron chi connectivity index (χ3n) is 7.10. The number of pyridine rings is 1. The van der Waals surface area contributed by atoms with E-state index in [0.29, 0.717) is 48.6 Å². The van der Waals surface area contributed by atoms with Crippen LogP contribution in [0, 0.1) is 11.8 Å². The lowest BCUT2D eigenvalue weighted by molar-refractivity contribution is -0.151. The first kappa shape index (κ1) is 19.1. The van der Waals surface area contributed by atoms with E-state index in [0.717, 1.165) is 25.7 Å². The highest BCUT2D eigenvalue weighted by atomic mass is 16.2. The summed E-state index contributed by atoms with van der Waals surface area (Å²) < 4.78 is 0. The van der Waals surface area contributed by atoms with Crippen molar-refractivity contribution in [2.45, 2.75) is 44.2 Å². The van der Waals surface area contributed by atoms with Gasteiger partial charge in [-0.3, -0.25) is 9.59 Å². The Kier molecular flexibility index (Phi) is 4.93. The molecule has 0 spiro atoms. The molecule has 3 aliphatic heterocycles. The fourth-order valence-corrected chi connectivity index (χ4v) is 5.77. The highest BCUT2D eigenvalue weighted by Gasteiger charge is 2.49. The van der Waals surface area contributed by atoms with E-state index in [2.05, 4.69) is 34.1 Å². The van der Waals surface area contributed by atoms with Crippen LogP contribution >= 0.6 is 0 Å². The molecular formula is C24H28N4O2. The molecule has 0 saturated carbocycles. The van der Waals surface area contributed by atoms with Crippen molar-refractivity contribution in [3.63, 3.8) is 0 Å². The van der Waals surface area contributed by atoms with Crippen LogP contribution < -0.4 is 5.73 Å². The molecule has 2 N–H and O–H groups in total. The quantitative estimate of drug-likeness (QED) is 0.853. The van der Waals surface area contributed by atoms with E-state index in [1.54, 1.807) is 18.3 Å². The third kappa shape index (κ3) is 3.44. The number of nitrogens with zero attached hydrogens (tertiary/aromatic N) is 3. The molecule has 2 amide bonds. The second-order valence-electron chi connectivity index (χ2n) is 8.96. The number of amides is 2. The van der Waals surface area contributed by atoms with Crippen LogP contribution in [0.15, 0.2) is 48.7 Å². The molecule has 0 radical (unpaired) electrons. The molecule has 0 unspecified atom stereocenters. The Balaban J connectivity index is 1.43. The van der Waals surface area contributed by atoms with Crippen molar-refractivity contribution in [3.05, 3.63) is 59.8 Å². The topological polar surface area (TPSA) is 79.5 Å². The fraction of sp³-hybridized carbons (Fsp3) is 0.458. The first-order chi connectivity index (χ1) is 14.6. The average molecular weight is 405 g/mol. The van der Waals surface area contributed by atoms with E-state index in [-0.39, 0.29) is 18.0 Å². The van der Waals surface area contributed by atoms with Gasteiger partial charge in [0.1, 0.15) is 5.82 Å². The largest absolute Gasteiger partial charge is 0.384 e. The monoisotopic (exact) mass is 404 g/mol. The van der Waals surface area contributed by atoms with Gasteiger partial charge in [-0.05, 0) is 55.2 Å². The minimum absolute atomic E-state index is 0.0197. The number of piperidine rings is 3. The van der Waals surface area contributed by atoms with Crippen LogP contribution in [-0.4, -0.2) is 51.8 Å². The first-order valence-corrected chi connectivity index (χ1v) is 11.0. The van der Waals surface area contributed by atoms with Crippen molar-refractivity contribution in [2.75, 3.05) is 18.8 Å². The molecule has 0 aliphatic carbocycles. The summed E-state index contributed by atoms with van der Waals surface area (Å²) in [6, 6.07) is 14.3. The molecule has 5 rings (SSSR count). The molecule has 3 aliphatic rings. The average Bonchev–Trinajstić information content (AvgIpc) is 2.77. The number of fused-ring (bicyclic) bond motifs is 4.